The number of aryl methyl sites for hydroxylation is 4. The quantitative estimate of drug-likeness (QED) is 0.311. The average Bonchev–Trinajstić information content (AvgIpc) is 2.87. The minimum atomic E-state index is -0.941. The van der Waals surface area contributed by atoms with Crippen LogP contribution in [0.15, 0.2) is 36.4 Å². The zero-order valence-corrected chi connectivity index (χ0v) is 27.2. The van der Waals surface area contributed by atoms with Crippen LogP contribution < -0.4 is 10.6 Å². The van der Waals surface area contributed by atoms with E-state index in [1.807, 2.05) is 98.7 Å². The number of carbonyl (C=O) groups excluding carboxylic acids is 3. The first-order valence-corrected chi connectivity index (χ1v) is 14.7. The molecule has 0 aromatic heterocycles. The molecule has 226 valence electrons. The summed E-state index contributed by atoms with van der Waals surface area (Å²) in [5, 5.41) is 6.02. The fraction of sp³-hybridized carbons (Fsp3) is 0.559. The van der Waals surface area contributed by atoms with Crippen molar-refractivity contribution in [3.8, 4) is 0 Å². The average molecular weight is 566 g/mol. The van der Waals surface area contributed by atoms with Gasteiger partial charge >= 0.3 is 6.09 Å². The van der Waals surface area contributed by atoms with E-state index in [4.69, 9.17) is 4.74 Å². The Labute approximate surface area is 247 Å². The molecule has 0 heterocycles. The third kappa shape index (κ3) is 8.57. The number of benzene rings is 2. The number of para-hydroxylation sites is 1. The second-order valence-electron chi connectivity index (χ2n) is 12.9. The van der Waals surface area contributed by atoms with E-state index in [1.165, 1.54) is 0 Å². The van der Waals surface area contributed by atoms with Crippen LogP contribution in [-0.2, 0) is 14.3 Å². The van der Waals surface area contributed by atoms with Gasteiger partial charge in [0.05, 0.1) is 0 Å². The number of hydrogen-bond donors (Lipinski definition) is 2. The zero-order valence-electron chi connectivity index (χ0n) is 27.2. The number of amides is 3. The zero-order chi connectivity index (χ0) is 31.3. The minimum absolute atomic E-state index is 0.203. The van der Waals surface area contributed by atoms with E-state index in [9.17, 15) is 14.4 Å². The molecule has 0 saturated carbocycles. The van der Waals surface area contributed by atoms with Gasteiger partial charge in [-0.1, -0.05) is 69.2 Å². The lowest BCUT2D eigenvalue weighted by molar-refractivity contribution is -0.148. The summed E-state index contributed by atoms with van der Waals surface area (Å²) in [5.41, 5.74) is 3.82. The van der Waals surface area contributed by atoms with Crippen molar-refractivity contribution in [1.82, 2.24) is 10.2 Å². The molecule has 2 aromatic carbocycles. The summed E-state index contributed by atoms with van der Waals surface area (Å²) >= 11 is 0. The third-order valence-corrected chi connectivity index (χ3v) is 7.87. The molecule has 0 aliphatic rings. The first kappa shape index (κ1) is 33.9. The van der Waals surface area contributed by atoms with E-state index in [0.29, 0.717) is 12.8 Å². The summed E-state index contributed by atoms with van der Waals surface area (Å²) in [6, 6.07) is 10.0. The number of alkyl carbamates (subject to hydrolysis) is 1. The molecule has 0 radical (unpaired) electrons. The molecule has 7 nitrogen and oxygen atoms in total. The normalized spacial score (nSPS) is 14.0. The molecule has 0 fully saturated rings. The number of rotatable bonds is 10. The maximum Gasteiger partial charge on any atom is 0.408 e. The Morgan fingerprint density at radius 3 is 2.00 bits per heavy atom. The van der Waals surface area contributed by atoms with E-state index in [1.54, 1.807) is 25.7 Å². The van der Waals surface area contributed by atoms with Crippen LogP contribution in [0.25, 0.3) is 0 Å². The van der Waals surface area contributed by atoms with E-state index in [2.05, 4.69) is 10.6 Å². The van der Waals surface area contributed by atoms with Crippen molar-refractivity contribution in [3.05, 3.63) is 64.2 Å². The third-order valence-electron chi connectivity index (χ3n) is 7.87. The van der Waals surface area contributed by atoms with E-state index >= 15 is 0 Å². The van der Waals surface area contributed by atoms with Gasteiger partial charge in [-0.15, -0.1) is 0 Å². The molecule has 3 unspecified atom stereocenters. The van der Waals surface area contributed by atoms with E-state index < -0.39 is 29.3 Å². The lowest BCUT2D eigenvalue weighted by Gasteiger charge is -2.45. The largest absolute Gasteiger partial charge is 0.444 e. The fourth-order valence-electron chi connectivity index (χ4n) is 4.87. The molecule has 41 heavy (non-hydrogen) atoms. The summed E-state index contributed by atoms with van der Waals surface area (Å²) in [5.74, 6) is -0.822. The van der Waals surface area contributed by atoms with Crippen LogP contribution >= 0.6 is 0 Å². The van der Waals surface area contributed by atoms with Crippen LogP contribution in [0.4, 0.5) is 10.5 Å². The Hall–Kier alpha value is -3.35. The van der Waals surface area contributed by atoms with E-state index in [-0.39, 0.29) is 17.7 Å². The molecular formula is C34H51N3O4. The first-order chi connectivity index (χ1) is 18.9. The summed E-state index contributed by atoms with van der Waals surface area (Å²) in [6.07, 6.45) is 0.583. The highest BCUT2D eigenvalue weighted by molar-refractivity contribution is 6.00. The topological polar surface area (TPSA) is 87.7 Å². The standard InChI is InChI=1S/C34H51N3O4/c1-13-22(4)28(36-32(40)41-33(8,9)10)31(39)37(34(11,12)14-2)29(26-20-21(3)18-19-23(26)5)30(38)35-27-24(6)16-15-17-25(27)7/h15-20,22,28-29H,13-14H2,1-12H3,(H,35,38)(H,36,40). The Balaban J connectivity index is 2.77. The predicted molar refractivity (Wildman–Crippen MR) is 167 cm³/mol. The second-order valence-corrected chi connectivity index (χ2v) is 12.9. The molecule has 0 aliphatic carbocycles. The first-order valence-electron chi connectivity index (χ1n) is 14.7. The molecule has 0 aliphatic heterocycles. The maximum absolute atomic E-state index is 14.7. The summed E-state index contributed by atoms with van der Waals surface area (Å²) in [6.45, 7) is 23.1. The van der Waals surface area contributed by atoms with Gasteiger partial charge in [-0.05, 0) is 96.9 Å². The molecular weight excluding hydrogens is 514 g/mol. The smallest absolute Gasteiger partial charge is 0.408 e. The summed E-state index contributed by atoms with van der Waals surface area (Å²) in [7, 11) is 0. The van der Waals surface area contributed by atoms with Crippen molar-refractivity contribution < 1.29 is 19.1 Å². The lowest BCUT2D eigenvalue weighted by Crippen LogP contribution is -2.60. The highest BCUT2D eigenvalue weighted by atomic mass is 16.6. The van der Waals surface area contributed by atoms with Crippen molar-refractivity contribution in [3.63, 3.8) is 0 Å². The van der Waals surface area contributed by atoms with E-state index in [0.717, 1.165) is 33.5 Å². The Bertz CT molecular complexity index is 1220. The van der Waals surface area contributed by atoms with Gasteiger partial charge in [0, 0.05) is 11.2 Å². The Morgan fingerprint density at radius 1 is 0.902 bits per heavy atom. The van der Waals surface area contributed by atoms with Crippen molar-refractivity contribution in [1.29, 1.82) is 0 Å². The van der Waals surface area contributed by atoms with Gasteiger partial charge in [0.15, 0.2) is 0 Å². The van der Waals surface area contributed by atoms with Crippen LogP contribution in [0.2, 0.25) is 0 Å². The van der Waals surface area contributed by atoms with Gasteiger partial charge in [0.25, 0.3) is 5.91 Å². The second kappa shape index (κ2) is 13.5. The Morgan fingerprint density at radius 2 is 1.49 bits per heavy atom. The number of nitrogens with one attached hydrogen (secondary N) is 2. The minimum Gasteiger partial charge on any atom is -0.444 e. The van der Waals surface area contributed by atoms with Gasteiger partial charge in [-0.2, -0.15) is 0 Å². The number of carbonyl (C=O) groups is 3. The molecule has 2 aromatic rings. The SMILES string of the molecule is CCC(C)C(NC(=O)OC(C)(C)C)C(=O)N(C(C(=O)Nc1c(C)cccc1C)c1cc(C)ccc1C)C(C)(C)CC. The fourth-order valence-corrected chi connectivity index (χ4v) is 4.87. The number of nitrogens with zero attached hydrogens (tertiary/aromatic N) is 1. The molecule has 0 spiro atoms. The molecule has 0 saturated heterocycles. The van der Waals surface area contributed by atoms with Crippen molar-refractivity contribution in [2.45, 2.75) is 119 Å². The summed E-state index contributed by atoms with van der Waals surface area (Å²) < 4.78 is 5.54. The summed E-state index contributed by atoms with van der Waals surface area (Å²) in [4.78, 5) is 43.8. The molecule has 2 rings (SSSR count). The predicted octanol–water partition coefficient (Wildman–Crippen LogP) is 7.56. The van der Waals surface area contributed by atoms with Gasteiger partial charge in [-0.25, -0.2) is 4.79 Å². The monoisotopic (exact) mass is 565 g/mol. The molecule has 0 bridgehead atoms. The van der Waals surface area contributed by atoms with Crippen LogP contribution in [0, 0.1) is 33.6 Å². The number of ether oxygens (including phenoxy) is 1. The highest BCUT2D eigenvalue weighted by Gasteiger charge is 2.44. The maximum atomic E-state index is 14.7. The van der Waals surface area contributed by atoms with Gasteiger partial charge < -0.3 is 20.3 Å². The molecule has 3 amide bonds. The molecule has 2 N–H and O–H groups in total. The van der Waals surface area contributed by atoms with Gasteiger partial charge in [-0.3, -0.25) is 9.59 Å². The van der Waals surface area contributed by atoms with Crippen LogP contribution in [-0.4, -0.2) is 40.0 Å². The van der Waals surface area contributed by atoms with Crippen LogP contribution in [0.5, 0.6) is 0 Å². The van der Waals surface area contributed by atoms with Crippen molar-refractivity contribution >= 4 is 23.6 Å². The van der Waals surface area contributed by atoms with Gasteiger partial charge in [0.1, 0.15) is 17.7 Å². The van der Waals surface area contributed by atoms with Crippen LogP contribution in [0.1, 0.15) is 102 Å². The van der Waals surface area contributed by atoms with Crippen molar-refractivity contribution in [2.75, 3.05) is 5.32 Å². The highest BCUT2D eigenvalue weighted by Crippen LogP contribution is 2.36. The van der Waals surface area contributed by atoms with Crippen LogP contribution in [0.3, 0.4) is 0 Å². The molecule has 3 atom stereocenters. The molecule has 7 heteroatoms. The van der Waals surface area contributed by atoms with Crippen molar-refractivity contribution in [2.24, 2.45) is 5.92 Å². The lowest BCUT2D eigenvalue weighted by atomic mass is 9.88. The Kier molecular flexibility index (Phi) is 11.2. The number of anilines is 1. The number of hydrogen-bond acceptors (Lipinski definition) is 4. The van der Waals surface area contributed by atoms with Gasteiger partial charge in [0.2, 0.25) is 5.91 Å².